The van der Waals surface area contributed by atoms with Crippen LogP contribution in [-0.4, -0.2) is 70.9 Å². The summed E-state index contributed by atoms with van der Waals surface area (Å²) >= 11 is 0. The molecule has 1 N–H and O–H groups in total. The zero-order chi connectivity index (χ0) is 21.1. The normalized spacial score (nSPS) is 19.6. The van der Waals surface area contributed by atoms with E-state index in [1.54, 1.807) is 19.0 Å². The molecule has 1 aromatic carbocycles. The van der Waals surface area contributed by atoms with Crippen LogP contribution in [0.1, 0.15) is 49.2 Å². The molecule has 2 rings (SSSR count). The molecule has 0 radical (unpaired) electrons. The fraction of sp³-hybridized carbons (Fsp3) is 0.682. The Kier molecular flexibility index (Phi) is 7.48. The predicted octanol–water partition coefficient (Wildman–Crippen LogP) is 3.75. The molecule has 0 aliphatic carbocycles. The van der Waals surface area contributed by atoms with Crippen molar-refractivity contribution in [1.82, 2.24) is 15.1 Å². The third-order valence-electron chi connectivity index (χ3n) is 6.23. The Hall–Kier alpha value is -1.21. The maximum Gasteiger partial charge on any atom is 0.253 e. The van der Waals surface area contributed by atoms with Gasteiger partial charge in [0.05, 0.1) is 6.10 Å². The molecule has 158 valence electrons. The second-order valence-electron chi connectivity index (χ2n) is 9.71. The highest BCUT2D eigenvalue weighted by atomic mass is 28.4. The van der Waals surface area contributed by atoms with Crippen LogP contribution in [0, 0.1) is 0 Å². The Morgan fingerprint density at radius 1 is 1.36 bits per heavy atom. The Balaban J connectivity index is 2.01. The lowest BCUT2D eigenvalue weighted by Crippen LogP contribution is -2.44. The minimum Gasteiger partial charge on any atom is -0.413 e. The molecule has 1 aromatic rings. The molecule has 1 saturated heterocycles. The van der Waals surface area contributed by atoms with Crippen molar-refractivity contribution in [3.05, 3.63) is 35.4 Å². The van der Waals surface area contributed by atoms with Crippen molar-refractivity contribution in [2.75, 3.05) is 40.8 Å². The zero-order valence-corrected chi connectivity index (χ0v) is 20.0. The van der Waals surface area contributed by atoms with E-state index in [1.165, 1.54) is 0 Å². The third-order valence-corrected chi connectivity index (χ3v) is 10.8. The molecule has 1 fully saturated rings. The number of benzene rings is 1. The zero-order valence-electron chi connectivity index (χ0n) is 19.0. The molecule has 1 amide bonds. The van der Waals surface area contributed by atoms with Crippen LogP contribution < -0.4 is 5.32 Å². The number of carbonyl (C=O) groups is 1. The second-order valence-corrected chi connectivity index (χ2v) is 14.5. The van der Waals surface area contributed by atoms with Gasteiger partial charge in [-0.25, -0.2) is 0 Å². The van der Waals surface area contributed by atoms with Crippen LogP contribution in [0.25, 0.3) is 0 Å². The molecule has 1 heterocycles. The summed E-state index contributed by atoms with van der Waals surface area (Å²) in [5.41, 5.74) is 1.90. The first kappa shape index (κ1) is 23.1. The van der Waals surface area contributed by atoms with Crippen LogP contribution in [0.15, 0.2) is 24.3 Å². The van der Waals surface area contributed by atoms with Gasteiger partial charge in [0.2, 0.25) is 0 Å². The number of amides is 1. The summed E-state index contributed by atoms with van der Waals surface area (Å²) < 4.78 is 6.62. The van der Waals surface area contributed by atoms with E-state index >= 15 is 0 Å². The molecule has 0 saturated carbocycles. The van der Waals surface area contributed by atoms with Crippen LogP contribution in [0.2, 0.25) is 18.1 Å². The highest BCUT2D eigenvalue weighted by molar-refractivity contribution is 6.74. The predicted molar refractivity (Wildman–Crippen MR) is 119 cm³/mol. The van der Waals surface area contributed by atoms with Gasteiger partial charge < -0.3 is 14.6 Å². The van der Waals surface area contributed by atoms with Gasteiger partial charge in [-0.15, -0.1) is 0 Å². The molecule has 0 aromatic heterocycles. The standard InChI is InChI=1S/C22H39N3O2Si/c1-22(2,3)28(7,8)27-19-12-13-25(15-19)16-20(23-4)17-10-9-11-18(14-17)21(26)24(5)6/h9-11,14,19-20,23H,12-13,15-16H2,1-8H3/t19-,20?/m0/s1. The first-order valence-electron chi connectivity index (χ1n) is 10.3. The van der Waals surface area contributed by atoms with Gasteiger partial charge in [0, 0.05) is 45.3 Å². The summed E-state index contributed by atoms with van der Waals surface area (Å²) in [4.78, 5) is 16.4. The molecule has 0 bridgehead atoms. The van der Waals surface area contributed by atoms with Crippen LogP contribution >= 0.6 is 0 Å². The van der Waals surface area contributed by atoms with E-state index < -0.39 is 8.32 Å². The van der Waals surface area contributed by atoms with E-state index in [0.29, 0.717) is 6.10 Å². The lowest BCUT2D eigenvalue weighted by molar-refractivity contribution is 0.0827. The van der Waals surface area contributed by atoms with E-state index in [4.69, 9.17) is 4.43 Å². The Bertz CT molecular complexity index is 670. The van der Waals surface area contributed by atoms with E-state index in [-0.39, 0.29) is 17.0 Å². The summed E-state index contributed by atoms with van der Waals surface area (Å²) in [7, 11) is 3.84. The molecule has 5 nitrogen and oxygen atoms in total. The number of likely N-dealkylation sites (N-methyl/N-ethyl adjacent to an activating group) is 1. The van der Waals surface area contributed by atoms with Gasteiger partial charge in [0.1, 0.15) is 0 Å². The largest absolute Gasteiger partial charge is 0.413 e. The fourth-order valence-corrected chi connectivity index (χ4v) is 4.80. The Labute approximate surface area is 172 Å². The molecule has 28 heavy (non-hydrogen) atoms. The SMILES string of the molecule is CNC(CN1CC[C@H](O[Si](C)(C)C(C)(C)C)C1)c1cccc(C(=O)N(C)C)c1. The highest BCUT2D eigenvalue weighted by Crippen LogP contribution is 2.38. The first-order valence-corrected chi connectivity index (χ1v) is 13.2. The summed E-state index contributed by atoms with van der Waals surface area (Å²) in [6, 6.07) is 8.18. The molecular formula is C22H39N3O2Si. The number of rotatable bonds is 7. The monoisotopic (exact) mass is 405 g/mol. The lowest BCUT2D eigenvalue weighted by atomic mass is 10.0. The molecule has 6 heteroatoms. The smallest absolute Gasteiger partial charge is 0.253 e. The van der Waals surface area contributed by atoms with Gasteiger partial charge in [-0.3, -0.25) is 9.69 Å². The van der Waals surface area contributed by atoms with Crippen molar-refractivity contribution in [3.8, 4) is 0 Å². The van der Waals surface area contributed by atoms with Crippen LogP contribution in [0.5, 0.6) is 0 Å². The summed E-state index contributed by atoms with van der Waals surface area (Å²) in [6.45, 7) is 14.5. The number of likely N-dealkylation sites (tertiary alicyclic amines) is 1. The summed E-state index contributed by atoms with van der Waals surface area (Å²) in [5, 5.41) is 3.67. The molecule has 1 aliphatic rings. The fourth-order valence-electron chi connectivity index (χ4n) is 3.42. The van der Waals surface area contributed by atoms with Crippen molar-refractivity contribution in [3.63, 3.8) is 0 Å². The third kappa shape index (κ3) is 5.66. The van der Waals surface area contributed by atoms with Gasteiger partial charge >= 0.3 is 0 Å². The maximum absolute atomic E-state index is 12.3. The minimum absolute atomic E-state index is 0.0423. The van der Waals surface area contributed by atoms with Gasteiger partial charge in [0.25, 0.3) is 5.91 Å². The lowest BCUT2D eigenvalue weighted by Gasteiger charge is -2.38. The molecule has 2 atom stereocenters. The first-order chi connectivity index (χ1) is 12.9. The van der Waals surface area contributed by atoms with Gasteiger partial charge in [0.15, 0.2) is 8.32 Å². The summed E-state index contributed by atoms with van der Waals surface area (Å²) in [5.74, 6) is 0.0423. The second kappa shape index (κ2) is 9.07. The highest BCUT2D eigenvalue weighted by Gasteiger charge is 2.40. The quantitative estimate of drug-likeness (QED) is 0.702. The molecule has 1 aliphatic heterocycles. The van der Waals surface area contributed by atoms with E-state index in [2.05, 4.69) is 50.1 Å². The topological polar surface area (TPSA) is 44.8 Å². The van der Waals surface area contributed by atoms with Crippen molar-refractivity contribution in [2.24, 2.45) is 0 Å². The number of hydrogen-bond acceptors (Lipinski definition) is 4. The van der Waals surface area contributed by atoms with Crippen molar-refractivity contribution in [2.45, 2.75) is 57.5 Å². The van der Waals surface area contributed by atoms with E-state index in [1.807, 2.05) is 25.2 Å². The number of hydrogen-bond donors (Lipinski definition) is 1. The Morgan fingerprint density at radius 3 is 2.61 bits per heavy atom. The van der Waals surface area contributed by atoms with E-state index in [9.17, 15) is 4.79 Å². The van der Waals surface area contributed by atoms with Crippen LogP contribution in [0.4, 0.5) is 0 Å². The van der Waals surface area contributed by atoms with Crippen molar-refractivity contribution < 1.29 is 9.22 Å². The van der Waals surface area contributed by atoms with Crippen LogP contribution in [-0.2, 0) is 4.43 Å². The van der Waals surface area contributed by atoms with Crippen LogP contribution in [0.3, 0.4) is 0 Å². The van der Waals surface area contributed by atoms with Gasteiger partial charge in [-0.05, 0) is 49.3 Å². The van der Waals surface area contributed by atoms with Gasteiger partial charge in [-0.1, -0.05) is 32.9 Å². The average Bonchev–Trinajstić information content (AvgIpc) is 3.04. The Morgan fingerprint density at radius 2 is 2.04 bits per heavy atom. The van der Waals surface area contributed by atoms with Gasteiger partial charge in [-0.2, -0.15) is 0 Å². The minimum atomic E-state index is -1.73. The van der Waals surface area contributed by atoms with E-state index in [0.717, 1.165) is 37.2 Å². The number of nitrogens with zero attached hydrogens (tertiary/aromatic N) is 2. The van der Waals surface area contributed by atoms with Crippen molar-refractivity contribution >= 4 is 14.2 Å². The number of nitrogens with one attached hydrogen (secondary N) is 1. The maximum atomic E-state index is 12.3. The summed E-state index contributed by atoms with van der Waals surface area (Å²) in [6.07, 6.45) is 1.43. The molecular weight excluding hydrogens is 366 g/mol. The van der Waals surface area contributed by atoms with Crippen molar-refractivity contribution in [1.29, 1.82) is 0 Å². The molecule has 0 spiro atoms. The number of carbonyl (C=O) groups excluding carboxylic acids is 1. The average molecular weight is 406 g/mol. The molecule has 1 unspecified atom stereocenters.